The smallest absolute Gasteiger partial charge is 0.329 e. The summed E-state index contributed by atoms with van der Waals surface area (Å²) in [5, 5.41) is 3.10. The Labute approximate surface area is 172 Å². The molecule has 1 aromatic rings. The zero-order chi connectivity index (χ0) is 19.8. The molecular formula is C22H32N2O3S. The van der Waals surface area contributed by atoms with Gasteiger partial charge in [-0.3, -0.25) is 4.90 Å². The number of hydrogen-bond acceptors (Lipinski definition) is 4. The lowest BCUT2D eigenvalue weighted by Gasteiger charge is -2.35. The summed E-state index contributed by atoms with van der Waals surface area (Å²) in [4.78, 5) is 27.6. The van der Waals surface area contributed by atoms with E-state index < -0.39 is 6.04 Å². The highest BCUT2D eigenvalue weighted by atomic mass is 32.2. The van der Waals surface area contributed by atoms with Crippen LogP contribution in [0.1, 0.15) is 57.4 Å². The summed E-state index contributed by atoms with van der Waals surface area (Å²) in [5.41, 5.74) is 1.05. The van der Waals surface area contributed by atoms with Gasteiger partial charge in [0.25, 0.3) is 0 Å². The molecule has 0 spiro atoms. The summed E-state index contributed by atoms with van der Waals surface area (Å²) in [6.45, 7) is 2.97. The van der Waals surface area contributed by atoms with Crippen LogP contribution in [0.3, 0.4) is 0 Å². The number of carbonyl (C=O) groups is 2. The topological polar surface area (TPSA) is 58.6 Å². The second kappa shape index (κ2) is 10.7. The summed E-state index contributed by atoms with van der Waals surface area (Å²) < 4.78 is 5.47. The number of urea groups is 1. The minimum absolute atomic E-state index is 0.0693. The number of thioether (sulfide) groups is 1. The summed E-state index contributed by atoms with van der Waals surface area (Å²) in [5.74, 6) is 0.842. The van der Waals surface area contributed by atoms with Gasteiger partial charge in [-0.25, -0.2) is 9.59 Å². The van der Waals surface area contributed by atoms with Gasteiger partial charge in [0.15, 0.2) is 0 Å². The lowest BCUT2D eigenvalue weighted by Crippen LogP contribution is -2.52. The predicted octanol–water partition coefficient (Wildman–Crippen LogP) is 4.56. The molecule has 2 unspecified atom stereocenters. The van der Waals surface area contributed by atoms with E-state index in [0.717, 1.165) is 31.2 Å². The van der Waals surface area contributed by atoms with E-state index in [2.05, 4.69) is 12.2 Å². The fourth-order valence-electron chi connectivity index (χ4n) is 4.03. The molecule has 1 aliphatic carbocycles. The van der Waals surface area contributed by atoms with Crippen molar-refractivity contribution in [1.29, 1.82) is 0 Å². The van der Waals surface area contributed by atoms with Crippen molar-refractivity contribution in [3.63, 3.8) is 0 Å². The SMILES string of the molecule is CCCCOC(=O)C1CSC(C2CCCCC2)N1C(=O)NCc1ccccc1. The van der Waals surface area contributed by atoms with Crippen molar-refractivity contribution in [2.45, 2.75) is 69.8 Å². The number of nitrogens with zero attached hydrogens (tertiary/aromatic N) is 1. The van der Waals surface area contributed by atoms with Gasteiger partial charge in [-0.05, 0) is 30.7 Å². The average Bonchev–Trinajstić information content (AvgIpc) is 3.19. The van der Waals surface area contributed by atoms with Gasteiger partial charge in [-0.15, -0.1) is 11.8 Å². The third-order valence-electron chi connectivity index (χ3n) is 5.62. The van der Waals surface area contributed by atoms with E-state index >= 15 is 0 Å². The highest BCUT2D eigenvalue weighted by Crippen LogP contribution is 2.40. The Kier molecular flexibility index (Phi) is 8.07. The maximum absolute atomic E-state index is 13.1. The molecule has 1 N–H and O–H groups in total. The van der Waals surface area contributed by atoms with Gasteiger partial charge >= 0.3 is 12.0 Å². The van der Waals surface area contributed by atoms with Crippen LogP contribution in [0.25, 0.3) is 0 Å². The Morgan fingerprint density at radius 1 is 1.18 bits per heavy atom. The zero-order valence-corrected chi connectivity index (χ0v) is 17.6. The molecule has 1 saturated heterocycles. The molecule has 154 valence electrons. The summed E-state index contributed by atoms with van der Waals surface area (Å²) in [7, 11) is 0. The zero-order valence-electron chi connectivity index (χ0n) is 16.8. The Bertz CT molecular complexity index is 634. The van der Waals surface area contributed by atoms with E-state index in [1.54, 1.807) is 16.7 Å². The van der Waals surface area contributed by atoms with E-state index in [-0.39, 0.29) is 17.4 Å². The van der Waals surface area contributed by atoms with Gasteiger partial charge in [-0.2, -0.15) is 0 Å². The average molecular weight is 405 g/mol. The fourth-order valence-corrected chi connectivity index (χ4v) is 5.65. The quantitative estimate of drug-likeness (QED) is 0.534. The summed E-state index contributed by atoms with van der Waals surface area (Å²) in [6, 6.07) is 9.25. The van der Waals surface area contributed by atoms with Gasteiger partial charge in [0.05, 0.1) is 12.0 Å². The molecule has 0 aromatic heterocycles. The van der Waals surface area contributed by atoms with Crippen LogP contribution in [-0.4, -0.2) is 40.7 Å². The van der Waals surface area contributed by atoms with E-state index in [0.29, 0.717) is 24.8 Å². The van der Waals surface area contributed by atoms with Crippen LogP contribution in [0.15, 0.2) is 30.3 Å². The number of nitrogens with one attached hydrogen (secondary N) is 1. The number of carbonyl (C=O) groups excluding carboxylic acids is 2. The van der Waals surface area contributed by atoms with Gasteiger partial charge in [0, 0.05) is 12.3 Å². The second-order valence-electron chi connectivity index (χ2n) is 7.71. The minimum atomic E-state index is -0.482. The highest BCUT2D eigenvalue weighted by Gasteiger charge is 2.45. The molecule has 6 heteroatoms. The molecule has 2 aliphatic rings. The summed E-state index contributed by atoms with van der Waals surface area (Å²) in [6.07, 6.45) is 7.82. The molecule has 1 heterocycles. The highest BCUT2D eigenvalue weighted by molar-refractivity contribution is 8.00. The second-order valence-corrected chi connectivity index (χ2v) is 8.86. The van der Waals surface area contributed by atoms with Crippen LogP contribution < -0.4 is 5.32 Å². The molecule has 1 aliphatic heterocycles. The van der Waals surface area contributed by atoms with Crippen LogP contribution in [0.4, 0.5) is 4.79 Å². The van der Waals surface area contributed by atoms with Gasteiger partial charge in [0.2, 0.25) is 0 Å². The van der Waals surface area contributed by atoms with Crippen LogP contribution in [0, 0.1) is 5.92 Å². The molecule has 0 bridgehead atoms. The normalized spacial score (nSPS) is 22.8. The van der Waals surface area contributed by atoms with Crippen molar-refractivity contribution in [3.05, 3.63) is 35.9 Å². The molecule has 0 radical (unpaired) electrons. The number of benzene rings is 1. The van der Waals surface area contributed by atoms with Crippen molar-refractivity contribution >= 4 is 23.8 Å². The van der Waals surface area contributed by atoms with Crippen LogP contribution >= 0.6 is 11.8 Å². The van der Waals surface area contributed by atoms with Crippen molar-refractivity contribution in [2.24, 2.45) is 5.92 Å². The van der Waals surface area contributed by atoms with Crippen LogP contribution in [-0.2, 0) is 16.1 Å². The number of ether oxygens (including phenoxy) is 1. The first-order chi connectivity index (χ1) is 13.7. The van der Waals surface area contributed by atoms with E-state index in [4.69, 9.17) is 4.74 Å². The minimum Gasteiger partial charge on any atom is -0.464 e. The standard InChI is InChI=1S/C22H32N2O3S/c1-2-3-14-27-21(25)19-16-28-20(18-12-8-5-9-13-18)24(19)22(26)23-15-17-10-6-4-7-11-17/h4,6-7,10-11,18-20H,2-3,5,8-9,12-16H2,1H3,(H,23,26). The first-order valence-corrected chi connectivity index (χ1v) is 11.6. The third kappa shape index (κ3) is 5.43. The number of amides is 2. The molecule has 1 saturated carbocycles. The number of unbranched alkanes of at least 4 members (excludes halogenated alkanes) is 1. The Hall–Kier alpha value is -1.69. The molecule has 5 nitrogen and oxygen atoms in total. The Morgan fingerprint density at radius 3 is 2.64 bits per heavy atom. The third-order valence-corrected chi connectivity index (χ3v) is 7.08. The first kappa shape index (κ1) is 21.0. The van der Waals surface area contributed by atoms with Gasteiger partial charge in [0.1, 0.15) is 6.04 Å². The Morgan fingerprint density at radius 2 is 1.93 bits per heavy atom. The predicted molar refractivity (Wildman–Crippen MR) is 113 cm³/mol. The van der Waals surface area contributed by atoms with E-state index in [1.165, 1.54) is 19.3 Å². The van der Waals surface area contributed by atoms with Crippen molar-refractivity contribution < 1.29 is 14.3 Å². The lowest BCUT2D eigenvalue weighted by atomic mass is 9.88. The maximum atomic E-state index is 13.1. The van der Waals surface area contributed by atoms with Crippen molar-refractivity contribution in [2.75, 3.05) is 12.4 Å². The maximum Gasteiger partial charge on any atom is 0.329 e. The lowest BCUT2D eigenvalue weighted by molar-refractivity contribution is -0.148. The summed E-state index contributed by atoms with van der Waals surface area (Å²) >= 11 is 1.75. The monoisotopic (exact) mass is 404 g/mol. The molecule has 2 fully saturated rings. The molecule has 2 atom stereocenters. The van der Waals surface area contributed by atoms with Gasteiger partial charge < -0.3 is 10.1 Å². The molecule has 1 aromatic carbocycles. The van der Waals surface area contributed by atoms with Crippen molar-refractivity contribution in [3.8, 4) is 0 Å². The number of rotatable bonds is 7. The number of esters is 1. The molecular weight excluding hydrogens is 372 g/mol. The fraction of sp³-hybridized carbons (Fsp3) is 0.636. The molecule has 28 heavy (non-hydrogen) atoms. The van der Waals surface area contributed by atoms with Crippen LogP contribution in [0.5, 0.6) is 0 Å². The first-order valence-electron chi connectivity index (χ1n) is 10.6. The number of hydrogen-bond donors (Lipinski definition) is 1. The van der Waals surface area contributed by atoms with Crippen LogP contribution in [0.2, 0.25) is 0 Å². The largest absolute Gasteiger partial charge is 0.464 e. The van der Waals surface area contributed by atoms with Gasteiger partial charge in [-0.1, -0.05) is 62.9 Å². The van der Waals surface area contributed by atoms with Crippen molar-refractivity contribution in [1.82, 2.24) is 10.2 Å². The molecule has 3 rings (SSSR count). The Balaban J connectivity index is 1.68. The van der Waals surface area contributed by atoms with E-state index in [1.807, 2.05) is 30.3 Å². The molecule has 2 amide bonds. The van der Waals surface area contributed by atoms with E-state index in [9.17, 15) is 9.59 Å².